The second-order valence-corrected chi connectivity index (χ2v) is 8.64. The van der Waals surface area contributed by atoms with Crippen LogP contribution in [0.3, 0.4) is 0 Å². The van der Waals surface area contributed by atoms with Crippen LogP contribution < -0.4 is 11.3 Å². The molecule has 0 saturated heterocycles. The Morgan fingerprint density at radius 3 is 2.79 bits per heavy atom. The Balaban J connectivity index is 1.76. The Bertz CT molecular complexity index is 1510. The zero-order valence-corrected chi connectivity index (χ0v) is 18.4. The standard InChI is InChI=1S/C25H23FN6O/c1-13-8-16(9-14-4-5-14)23(28-2)21(22(13)26)24-19(12-29-32(24)3)15-6-7-17-18(10-15)20(11-27)30-31-25(17)33/h6-8,10,12,14H,4-5,9,11,27H2,1,3H3,(H,31,33). The van der Waals surface area contributed by atoms with E-state index in [9.17, 15) is 4.79 Å². The number of nitrogens with one attached hydrogen (secondary N) is 1. The van der Waals surface area contributed by atoms with Crippen molar-refractivity contribution in [2.45, 2.75) is 32.7 Å². The van der Waals surface area contributed by atoms with Crippen molar-refractivity contribution in [3.63, 3.8) is 0 Å². The number of rotatable bonds is 5. The van der Waals surface area contributed by atoms with E-state index in [4.69, 9.17) is 12.3 Å². The van der Waals surface area contributed by atoms with Gasteiger partial charge in [0.1, 0.15) is 5.82 Å². The first-order chi connectivity index (χ1) is 15.9. The van der Waals surface area contributed by atoms with E-state index in [2.05, 4.69) is 20.1 Å². The van der Waals surface area contributed by atoms with Gasteiger partial charge in [-0.15, -0.1) is 0 Å². The van der Waals surface area contributed by atoms with E-state index in [-0.39, 0.29) is 17.7 Å². The number of nitrogens with zero attached hydrogens (tertiary/aromatic N) is 4. The molecule has 0 spiro atoms. The molecule has 0 unspecified atom stereocenters. The summed E-state index contributed by atoms with van der Waals surface area (Å²) in [5, 5.41) is 12.0. The highest BCUT2D eigenvalue weighted by atomic mass is 19.1. The van der Waals surface area contributed by atoms with Crippen LogP contribution >= 0.6 is 0 Å². The summed E-state index contributed by atoms with van der Waals surface area (Å²) in [6.07, 6.45) is 4.74. The second kappa shape index (κ2) is 7.94. The highest BCUT2D eigenvalue weighted by Gasteiger charge is 2.28. The van der Waals surface area contributed by atoms with Gasteiger partial charge in [0.25, 0.3) is 5.56 Å². The summed E-state index contributed by atoms with van der Waals surface area (Å²) < 4.78 is 17.2. The van der Waals surface area contributed by atoms with Gasteiger partial charge in [-0.3, -0.25) is 9.48 Å². The number of hydrogen-bond acceptors (Lipinski definition) is 4. The molecule has 3 N–H and O–H groups in total. The van der Waals surface area contributed by atoms with Gasteiger partial charge in [0.2, 0.25) is 5.69 Å². The van der Waals surface area contributed by atoms with Crippen LogP contribution in [0.15, 0.2) is 35.3 Å². The van der Waals surface area contributed by atoms with Gasteiger partial charge in [0.05, 0.1) is 29.5 Å². The fourth-order valence-electron chi connectivity index (χ4n) is 4.48. The van der Waals surface area contributed by atoms with E-state index in [1.165, 1.54) is 0 Å². The first-order valence-electron chi connectivity index (χ1n) is 10.9. The van der Waals surface area contributed by atoms with Crippen LogP contribution in [0.25, 0.3) is 38.0 Å². The van der Waals surface area contributed by atoms with E-state index in [0.717, 1.165) is 30.4 Å². The maximum Gasteiger partial charge on any atom is 0.272 e. The van der Waals surface area contributed by atoms with Crippen LogP contribution in [-0.4, -0.2) is 20.0 Å². The van der Waals surface area contributed by atoms with E-state index in [1.807, 2.05) is 12.1 Å². The number of fused-ring (bicyclic) bond motifs is 1. The van der Waals surface area contributed by atoms with Gasteiger partial charge >= 0.3 is 0 Å². The molecule has 5 rings (SSSR count). The molecule has 0 radical (unpaired) electrons. The lowest BCUT2D eigenvalue weighted by Crippen LogP contribution is -2.13. The van der Waals surface area contributed by atoms with E-state index < -0.39 is 5.82 Å². The molecule has 1 aliphatic rings. The van der Waals surface area contributed by atoms with Crippen LogP contribution in [-0.2, 0) is 20.0 Å². The molecule has 1 saturated carbocycles. The molecule has 33 heavy (non-hydrogen) atoms. The van der Waals surface area contributed by atoms with Gasteiger partial charge in [-0.2, -0.15) is 10.2 Å². The molecule has 0 atom stereocenters. The van der Waals surface area contributed by atoms with Crippen molar-refractivity contribution >= 4 is 16.5 Å². The Hall–Kier alpha value is -3.83. The molecule has 1 fully saturated rings. The highest BCUT2D eigenvalue weighted by Crippen LogP contribution is 2.44. The molecule has 2 aromatic heterocycles. The third-order valence-corrected chi connectivity index (χ3v) is 6.36. The van der Waals surface area contributed by atoms with Crippen molar-refractivity contribution in [2.24, 2.45) is 18.7 Å². The average Bonchev–Trinajstić information content (AvgIpc) is 3.55. The topological polar surface area (TPSA) is 93.9 Å². The van der Waals surface area contributed by atoms with Gasteiger partial charge in [0.15, 0.2) is 0 Å². The van der Waals surface area contributed by atoms with Crippen LogP contribution in [0.5, 0.6) is 0 Å². The molecular formula is C25H23FN6O. The van der Waals surface area contributed by atoms with Gasteiger partial charge in [-0.05, 0) is 60.9 Å². The fourth-order valence-corrected chi connectivity index (χ4v) is 4.48. The summed E-state index contributed by atoms with van der Waals surface area (Å²) in [6.45, 7) is 9.76. The summed E-state index contributed by atoms with van der Waals surface area (Å²) in [4.78, 5) is 16.0. The Morgan fingerprint density at radius 2 is 2.09 bits per heavy atom. The minimum absolute atomic E-state index is 0.162. The first-order valence-corrected chi connectivity index (χ1v) is 10.9. The number of halogens is 1. The number of hydrogen-bond donors (Lipinski definition) is 2. The lowest BCUT2D eigenvalue weighted by Gasteiger charge is -2.16. The summed E-state index contributed by atoms with van der Waals surface area (Å²) >= 11 is 0. The van der Waals surface area contributed by atoms with Crippen molar-refractivity contribution in [3.8, 4) is 22.4 Å². The minimum atomic E-state index is -0.410. The molecule has 0 aliphatic heterocycles. The monoisotopic (exact) mass is 442 g/mol. The predicted octanol–water partition coefficient (Wildman–Crippen LogP) is 4.40. The van der Waals surface area contributed by atoms with Crippen LogP contribution in [0.4, 0.5) is 10.1 Å². The lowest BCUT2D eigenvalue weighted by atomic mass is 9.93. The fraction of sp³-hybridized carbons (Fsp3) is 0.280. The normalized spacial score (nSPS) is 13.4. The van der Waals surface area contributed by atoms with E-state index in [0.29, 0.717) is 44.9 Å². The van der Waals surface area contributed by atoms with Gasteiger partial charge < -0.3 is 5.73 Å². The number of benzene rings is 2. The molecule has 0 bridgehead atoms. The smallest absolute Gasteiger partial charge is 0.272 e. The van der Waals surface area contributed by atoms with Gasteiger partial charge in [0, 0.05) is 30.1 Å². The zero-order chi connectivity index (χ0) is 23.3. The number of aromatic nitrogens is 4. The van der Waals surface area contributed by atoms with Crippen molar-refractivity contribution in [3.05, 3.63) is 74.9 Å². The molecule has 4 aromatic rings. The number of H-pyrrole nitrogens is 1. The van der Waals surface area contributed by atoms with Crippen LogP contribution in [0.2, 0.25) is 0 Å². The molecule has 1 aliphatic carbocycles. The SMILES string of the molecule is [C-]#[N+]c1c(CC2CC2)cc(C)c(F)c1-c1c(-c2ccc3c(=O)[nH]nc(CN)c3c2)cnn1C. The summed E-state index contributed by atoms with van der Waals surface area (Å²) in [5.41, 5.74) is 10.1. The first kappa shape index (κ1) is 21.0. The number of aromatic amines is 1. The molecule has 166 valence electrons. The lowest BCUT2D eigenvalue weighted by molar-refractivity contribution is 0.618. The Morgan fingerprint density at radius 1 is 1.30 bits per heavy atom. The maximum absolute atomic E-state index is 15.6. The minimum Gasteiger partial charge on any atom is -0.325 e. The van der Waals surface area contributed by atoms with Crippen molar-refractivity contribution < 1.29 is 4.39 Å². The van der Waals surface area contributed by atoms with Gasteiger partial charge in [-0.25, -0.2) is 14.3 Å². The third-order valence-electron chi connectivity index (χ3n) is 6.36. The predicted molar refractivity (Wildman–Crippen MR) is 125 cm³/mol. The maximum atomic E-state index is 15.6. The summed E-state index contributed by atoms with van der Waals surface area (Å²) in [5.74, 6) is 0.155. The molecule has 2 heterocycles. The van der Waals surface area contributed by atoms with E-state index >= 15 is 4.39 Å². The molecule has 7 nitrogen and oxygen atoms in total. The van der Waals surface area contributed by atoms with Crippen LogP contribution in [0.1, 0.15) is 29.7 Å². The summed E-state index contributed by atoms with van der Waals surface area (Å²) in [7, 11) is 1.74. The third kappa shape index (κ3) is 3.51. The van der Waals surface area contributed by atoms with E-state index in [1.54, 1.807) is 37.0 Å². The van der Waals surface area contributed by atoms with Crippen molar-refractivity contribution in [1.29, 1.82) is 0 Å². The Kier molecular flexibility index (Phi) is 5.06. The summed E-state index contributed by atoms with van der Waals surface area (Å²) in [6, 6.07) is 7.15. The van der Waals surface area contributed by atoms with Gasteiger partial charge in [-0.1, -0.05) is 12.1 Å². The molecule has 2 aromatic carbocycles. The average molecular weight is 442 g/mol. The molecule has 0 amide bonds. The number of aryl methyl sites for hydroxylation is 2. The highest BCUT2D eigenvalue weighted by molar-refractivity contribution is 5.94. The molecule has 8 heteroatoms. The number of nitrogens with two attached hydrogens (primary N) is 1. The molecular weight excluding hydrogens is 419 g/mol. The van der Waals surface area contributed by atoms with Crippen molar-refractivity contribution in [1.82, 2.24) is 20.0 Å². The Labute approximate surface area is 189 Å². The quantitative estimate of drug-likeness (QED) is 0.448. The van der Waals surface area contributed by atoms with Crippen molar-refractivity contribution in [2.75, 3.05) is 0 Å². The zero-order valence-electron chi connectivity index (χ0n) is 18.4. The van der Waals surface area contributed by atoms with Crippen LogP contribution in [0, 0.1) is 25.2 Å². The second-order valence-electron chi connectivity index (χ2n) is 8.64. The largest absolute Gasteiger partial charge is 0.325 e.